The minimum Gasteiger partial charge on any atom is -0.461 e. The van der Waals surface area contributed by atoms with Crippen LogP contribution in [0.25, 0.3) is 27.4 Å². The SMILES string of the molecule is Cc1c(C(=O)N(C)C)sc2ncn3nc(-c4ccco4)nc3c12. The Hall–Kier alpha value is -2.74. The van der Waals surface area contributed by atoms with E-state index in [9.17, 15) is 4.79 Å². The van der Waals surface area contributed by atoms with Crippen LogP contribution in [0.2, 0.25) is 0 Å². The van der Waals surface area contributed by atoms with Crippen molar-refractivity contribution < 1.29 is 9.21 Å². The minimum absolute atomic E-state index is 0.0329. The molecule has 0 saturated carbocycles. The average Bonchev–Trinajstić information content (AvgIpc) is 3.23. The normalized spacial score (nSPS) is 11.4. The van der Waals surface area contributed by atoms with Crippen molar-refractivity contribution in [3.8, 4) is 11.6 Å². The molecule has 0 unspecified atom stereocenters. The van der Waals surface area contributed by atoms with Gasteiger partial charge in [-0.05, 0) is 24.6 Å². The van der Waals surface area contributed by atoms with E-state index >= 15 is 0 Å². The van der Waals surface area contributed by atoms with Crippen molar-refractivity contribution >= 4 is 33.1 Å². The fraction of sp³-hybridized carbons (Fsp3) is 0.200. The summed E-state index contributed by atoms with van der Waals surface area (Å²) in [5, 5.41) is 5.25. The number of hydrogen-bond donors (Lipinski definition) is 0. The molecule has 0 atom stereocenters. The molecule has 4 heterocycles. The van der Waals surface area contributed by atoms with Crippen LogP contribution >= 0.6 is 11.3 Å². The quantitative estimate of drug-likeness (QED) is 0.565. The molecule has 0 aliphatic heterocycles. The van der Waals surface area contributed by atoms with Gasteiger partial charge in [0.15, 0.2) is 11.4 Å². The molecule has 116 valence electrons. The Kier molecular flexibility index (Phi) is 2.95. The number of thiophene rings is 1. The second kappa shape index (κ2) is 4.88. The summed E-state index contributed by atoms with van der Waals surface area (Å²) in [4.78, 5) is 24.3. The summed E-state index contributed by atoms with van der Waals surface area (Å²) in [6.07, 6.45) is 3.19. The van der Waals surface area contributed by atoms with E-state index < -0.39 is 0 Å². The van der Waals surface area contributed by atoms with Gasteiger partial charge >= 0.3 is 0 Å². The molecular weight excluding hydrogens is 314 g/mol. The second-order valence-electron chi connectivity index (χ2n) is 5.36. The summed E-state index contributed by atoms with van der Waals surface area (Å²) >= 11 is 1.38. The topological polar surface area (TPSA) is 76.5 Å². The number of aromatic nitrogens is 4. The first-order valence-corrected chi connectivity index (χ1v) is 7.78. The van der Waals surface area contributed by atoms with Crippen LogP contribution in [0.3, 0.4) is 0 Å². The van der Waals surface area contributed by atoms with Crippen LogP contribution in [-0.4, -0.2) is 44.5 Å². The van der Waals surface area contributed by atoms with Gasteiger partial charge in [-0.2, -0.15) is 0 Å². The van der Waals surface area contributed by atoms with E-state index in [1.165, 1.54) is 11.3 Å². The molecule has 4 aromatic rings. The zero-order valence-corrected chi connectivity index (χ0v) is 13.6. The van der Waals surface area contributed by atoms with Crippen molar-refractivity contribution in [2.75, 3.05) is 14.1 Å². The smallest absolute Gasteiger partial charge is 0.263 e. The number of nitrogens with zero attached hydrogens (tertiary/aromatic N) is 5. The van der Waals surface area contributed by atoms with Crippen molar-refractivity contribution in [2.45, 2.75) is 6.92 Å². The number of hydrogen-bond acceptors (Lipinski definition) is 6. The fourth-order valence-corrected chi connectivity index (χ4v) is 3.62. The van der Waals surface area contributed by atoms with Gasteiger partial charge in [-0.1, -0.05) is 0 Å². The lowest BCUT2D eigenvalue weighted by atomic mass is 10.2. The molecule has 0 aromatic carbocycles. The Morgan fingerprint density at radius 3 is 2.91 bits per heavy atom. The standard InChI is InChI=1S/C15H13N5O2S/c1-8-10-13-17-12(9-5-4-6-22-9)18-20(13)7-16-14(10)23-11(8)15(21)19(2)3/h4-7H,1-3H3. The van der Waals surface area contributed by atoms with Crippen molar-refractivity contribution in [2.24, 2.45) is 0 Å². The van der Waals surface area contributed by atoms with Gasteiger partial charge in [0.25, 0.3) is 5.91 Å². The lowest BCUT2D eigenvalue weighted by Gasteiger charge is -2.08. The molecular formula is C15H13N5O2S. The van der Waals surface area contributed by atoms with E-state index in [2.05, 4.69) is 15.1 Å². The highest BCUT2D eigenvalue weighted by Crippen LogP contribution is 2.32. The van der Waals surface area contributed by atoms with Crippen LogP contribution in [0.15, 0.2) is 29.1 Å². The first kappa shape index (κ1) is 13.9. The fourth-order valence-electron chi connectivity index (χ4n) is 2.45. The lowest BCUT2D eigenvalue weighted by Crippen LogP contribution is -2.21. The van der Waals surface area contributed by atoms with Crippen molar-refractivity contribution in [1.82, 2.24) is 24.5 Å². The summed E-state index contributed by atoms with van der Waals surface area (Å²) in [6, 6.07) is 3.60. The van der Waals surface area contributed by atoms with E-state index in [0.29, 0.717) is 22.1 Å². The molecule has 1 amide bonds. The van der Waals surface area contributed by atoms with Gasteiger partial charge in [0.05, 0.1) is 16.5 Å². The van der Waals surface area contributed by atoms with Crippen LogP contribution in [-0.2, 0) is 0 Å². The highest BCUT2D eigenvalue weighted by Gasteiger charge is 2.21. The number of carbonyl (C=O) groups is 1. The van der Waals surface area contributed by atoms with E-state index in [1.54, 1.807) is 48.2 Å². The summed E-state index contributed by atoms with van der Waals surface area (Å²) in [5.41, 5.74) is 1.55. The van der Waals surface area contributed by atoms with E-state index in [4.69, 9.17) is 4.42 Å². The Bertz CT molecular complexity index is 1030. The Balaban J connectivity index is 1.99. The van der Waals surface area contributed by atoms with Gasteiger partial charge < -0.3 is 9.32 Å². The third-order valence-electron chi connectivity index (χ3n) is 3.61. The maximum atomic E-state index is 12.3. The van der Waals surface area contributed by atoms with Crippen LogP contribution in [0.4, 0.5) is 0 Å². The average molecular weight is 327 g/mol. The third kappa shape index (κ3) is 2.02. The van der Waals surface area contributed by atoms with Gasteiger partial charge in [0.1, 0.15) is 11.2 Å². The number of carbonyl (C=O) groups excluding carboxylic acids is 1. The van der Waals surface area contributed by atoms with Crippen LogP contribution in [0, 0.1) is 6.92 Å². The summed E-state index contributed by atoms with van der Waals surface area (Å²) in [7, 11) is 3.47. The Morgan fingerprint density at radius 2 is 2.22 bits per heavy atom. The maximum absolute atomic E-state index is 12.3. The molecule has 0 aliphatic rings. The number of amides is 1. The molecule has 0 saturated heterocycles. The van der Waals surface area contributed by atoms with Gasteiger partial charge in [-0.15, -0.1) is 16.4 Å². The largest absolute Gasteiger partial charge is 0.461 e. The van der Waals surface area contributed by atoms with Crippen molar-refractivity contribution in [3.05, 3.63) is 35.2 Å². The molecule has 0 N–H and O–H groups in total. The Morgan fingerprint density at radius 1 is 1.39 bits per heavy atom. The first-order valence-electron chi connectivity index (χ1n) is 6.96. The van der Waals surface area contributed by atoms with Crippen LogP contribution in [0.5, 0.6) is 0 Å². The molecule has 23 heavy (non-hydrogen) atoms. The third-order valence-corrected chi connectivity index (χ3v) is 4.80. The predicted octanol–water partition coefficient (Wildman–Crippen LogP) is 2.61. The zero-order valence-electron chi connectivity index (χ0n) is 12.8. The van der Waals surface area contributed by atoms with E-state index in [0.717, 1.165) is 15.8 Å². The van der Waals surface area contributed by atoms with E-state index in [1.807, 2.05) is 6.92 Å². The van der Waals surface area contributed by atoms with E-state index in [-0.39, 0.29) is 5.91 Å². The maximum Gasteiger partial charge on any atom is 0.263 e. The summed E-state index contributed by atoms with van der Waals surface area (Å²) in [6.45, 7) is 1.92. The number of fused-ring (bicyclic) bond motifs is 3. The van der Waals surface area contributed by atoms with Gasteiger partial charge in [0, 0.05) is 14.1 Å². The molecule has 0 bridgehead atoms. The van der Waals surface area contributed by atoms with Gasteiger partial charge in [0.2, 0.25) is 5.82 Å². The number of aryl methyl sites for hydroxylation is 1. The molecule has 0 spiro atoms. The molecule has 0 fully saturated rings. The monoisotopic (exact) mass is 327 g/mol. The lowest BCUT2D eigenvalue weighted by molar-refractivity contribution is 0.0831. The minimum atomic E-state index is -0.0329. The highest BCUT2D eigenvalue weighted by atomic mass is 32.1. The van der Waals surface area contributed by atoms with Crippen molar-refractivity contribution in [3.63, 3.8) is 0 Å². The molecule has 4 aromatic heterocycles. The van der Waals surface area contributed by atoms with Gasteiger partial charge in [-0.3, -0.25) is 4.79 Å². The Labute approximate surface area is 135 Å². The molecule has 8 heteroatoms. The zero-order chi connectivity index (χ0) is 16.1. The van der Waals surface area contributed by atoms with Crippen LogP contribution < -0.4 is 0 Å². The molecule has 4 rings (SSSR count). The summed E-state index contributed by atoms with van der Waals surface area (Å²) in [5.74, 6) is 1.06. The molecule has 7 nitrogen and oxygen atoms in total. The van der Waals surface area contributed by atoms with Gasteiger partial charge in [-0.25, -0.2) is 14.5 Å². The highest BCUT2D eigenvalue weighted by molar-refractivity contribution is 7.20. The molecule has 0 radical (unpaired) electrons. The first-order chi connectivity index (χ1) is 11.1. The summed E-state index contributed by atoms with van der Waals surface area (Å²) < 4.78 is 6.96. The number of furan rings is 1. The second-order valence-corrected chi connectivity index (χ2v) is 6.36. The molecule has 0 aliphatic carbocycles. The number of rotatable bonds is 2. The van der Waals surface area contributed by atoms with Crippen LogP contribution in [0.1, 0.15) is 15.2 Å². The predicted molar refractivity (Wildman–Crippen MR) is 86.6 cm³/mol. The van der Waals surface area contributed by atoms with Crippen molar-refractivity contribution in [1.29, 1.82) is 0 Å².